The Hall–Kier alpha value is -3.15. The maximum Gasteiger partial charge on any atom is 0.471 e. The van der Waals surface area contributed by atoms with Crippen molar-refractivity contribution in [3.8, 4) is 17.5 Å². The van der Waals surface area contributed by atoms with E-state index in [9.17, 15) is 13.2 Å². The number of nitrogens with zero attached hydrogens (tertiary/aromatic N) is 5. The van der Waals surface area contributed by atoms with E-state index in [1.807, 2.05) is 6.07 Å². The zero-order chi connectivity index (χ0) is 17.2. The van der Waals surface area contributed by atoms with E-state index in [1.54, 1.807) is 36.5 Å². The maximum absolute atomic E-state index is 12.5. The Kier molecular flexibility index (Phi) is 4.04. The molecule has 3 rings (SSSR count). The number of aromatic nitrogens is 4. The van der Waals surface area contributed by atoms with E-state index in [-0.39, 0.29) is 12.4 Å². The number of hydrogen-bond donors (Lipinski definition) is 0. The quantitative estimate of drug-likeness (QED) is 0.733. The van der Waals surface area contributed by atoms with Crippen molar-refractivity contribution < 1.29 is 17.7 Å². The summed E-state index contributed by atoms with van der Waals surface area (Å²) in [6.07, 6.45) is -2.41. The van der Waals surface area contributed by atoms with Crippen LogP contribution in [-0.4, -0.2) is 19.9 Å². The van der Waals surface area contributed by atoms with Gasteiger partial charge in [-0.05, 0) is 11.6 Å². The number of halogens is 3. The summed E-state index contributed by atoms with van der Waals surface area (Å²) in [6.45, 7) is 0.179. The Bertz CT molecular complexity index is 874. The molecule has 2 aromatic heterocycles. The van der Waals surface area contributed by atoms with Gasteiger partial charge in [-0.15, -0.1) is 0 Å². The number of benzene rings is 1. The molecule has 0 unspecified atom stereocenters. The van der Waals surface area contributed by atoms with Gasteiger partial charge < -0.3 is 4.52 Å². The van der Waals surface area contributed by atoms with Crippen LogP contribution in [0.4, 0.5) is 13.2 Å². The van der Waals surface area contributed by atoms with Gasteiger partial charge in [0.1, 0.15) is 6.54 Å². The third-order valence-corrected chi connectivity index (χ3v) is 3.19. The van der Waals surface area contributed by atoms with Gasteiger partial charge in [-0.2, -0.15) is 28.5 Å². The lowest BCUT2D eigenvalue weighted by molar-refractivity contribution is -0.159. The molecule has 9 heteroatoms. The molecule has 0 saturated heterocycles. The molecule has 6 nitrogen and oxygen atoms in total. The first-order chi connectivity index (χ1) is 11.5. The number of nitriles is 1. The minimum atomic E-state index is -4.66. The van der Waals surface area contributed by atoms with E-state index in [1.165, 1.54) is 4.68 Å². The van der Waals surface area contributed by atoms with Crippen molar-refractivity contribution in [1.29, 1.82) is 5.26 Å². The normalized spacial score (nSPS) is 11.4. The van der Waals surface area contributed by atoms with Crippen molar-refractivity contribution >= 4 is 0 Å². The smallest absolute Gasteiger partial charge is 0.329 e. The van der Waals surface area contributed by atoms with Crippen LogP contribution in [0.5, 0.6) is 0 Å². The predicted octanol–water partition coefficient (Wildman–Crippen LogP) is 3.07. The second-order valence-electron chi connectivity index (χ2n) is 4.96. The van der Waals surface area contributed by atoms with Crippen LogP contribution in [0.2, 0.25) is 0 Å². The topological polar surface area (TPSA) is 80.5 Å². The Morgan fingerprint density at radius 3 is 2.54 bits per heavy atom. The molecular formula is C15H10F3N5O. The van der Waals surface area contributed by atoms with Crippen LogP contribution in [0.3, 0.4) is 0 Å². The molecule has 0 aliphatic heterocycles. The Labute approximate surface area is 134 Å². The number of alkyl halides is 3. The predicted molar refractivity (Wildman–Crippen MR) is 75.4 cm³/mol. The summed E-state index contributed by atoms with van der Waals surface area (Å²) in [7, 11) is 0. The van der Waals surface area contributed by atoms with E-state index in [4.69, 9.17) is 5.26 Å². The van der Waals surface area contributed by atoms with Gasteiger partial charge in [0.2, 0.25) is 5.82 Å². The molecule has 24 heavy (non-hydrogen) atoms. The fourth-order valence-electron chi connectivity index (χ4n) is 2.10. The molecule has 3 aromatic rings. The van der Waals surface area contributed by atoms with Crippen LogP contribution in [0.1, 0.15) is 17.1 Å². The molecule has 0 aliphatic rings. The molecule has 0 bridgehead atoms. The van der Waals surface area contributed by atoms with Crippen molar-refractivity contribution in [3.63, 3.8) is 0 Å². The van der Waals surface area contributed by atoms with Crippen molar-refractivity contribution in [3.05, 3.63) is 53.7 Å². The van der Waals surface area contributed by atoms with Crippen molar-refractivity contribution in [2.24, 2.45) is 0 Å². The van der Waals surface area contributed by atoms with E-state index in [0.29, 0.717) is 12.0 Å². The van der Waals surface area contributed by atoms with Crippen LogP contribution < -0.4 is 0 Å². The molecule has 0 fully saturated rings. The van der Waals surface area contributed by atoms with Crippen LogP contribution in [0.15, 0.2) is 41.1 Å². The lowest BCUT2D eigenvalue weighted by Gasteiger charge is -2.00. The first-order valence-electron chi connectivity index (χ1n) is 6.85. The van der Waals surface area contributed by atoms with E-state index in [2.05, 4.69) is 19.8 Å². The second kappa shape index (κ2) is 6.16. The fraction of sp³-hybridized carbons (Fsp3) is 0.200. The zero-order valence-electron chi connectivity index (χ0n) is 12.2. The van der Waals surface area contributed by atoms with Gasteiger partial charge in [0.15, 0.2) is 0 Å². The molecule has 0 N–H and O–H groups in total. The van der Waals surface area contributed by atoms with Crippen LogP contribution in [0.25, 0.3) is 11.4 Å². The van der Waals surface area contributed by atoms with Gasteiger partial charge in [-0.1, -0.05) is 29.4 Å². The van der Waals surface area contributed by atoms with Crippen LogP contribution >= 0.6 is 0 Å². The van der Waals surface area contributed by atoms with Crippen molar-refractivity contribution in [1.82, 2.24) is 19.9 Å². The molecule has 122 valence electrons. The largest absolute Gasteiger partial charge is 0.471 e. The Balaban J connectivity index is 1.73. The summed E-state index contributed by atoms with van der Waals surface area (Å²) in [5, 5.41) is 16.2. The average molecular weight is 333 g/mol. The molecule has 1 aromatic carbocycles. The van der Waals surface area contributed by atoms with Crippen LogP contribution in [0, 0.1) is 11.3 Å². The first-order valence-corrected chi connectivity index (χ1v) is 6.85. The number of rotatable bonds is 4. The molecule has 0 spiro atoms. The number of hydrogen-bond acceptors (Lipinski definition) is 5. The van der Waals surface area contributed by atoms with Gasteiger partial charge in [-0.3, -0.25) is 4.68 Å². The van der Waals surface area contributed by atoms with Gasteiger partial charge in [0, 0.05) is 18.2 Å². The zero-order valence-corrected chi connectivity index (χ0v) is 12.2. The highest BCUT2D eigenvalue weighted by Crippen LogP contribution is 2.29. The molecule has 0 radical (unpaired) electrons. The maximum atomic E-state index is 12.5. The van der Waals surface area contributed by atoms with Gasteiger partial charge in [0.25, 0.3) is 0 Å². The monoisotopic (exact) mass is 333 g/mol. The summed E-state index contributed by atoms with van der Waals surface area (Å²) < 4.78 is 43.1. The molecule has 2 heterocycles. The molecule has 0 atom stereocenters. The van der Waals surface area contributed by atoms with E-state index >= 15 is 0 Å². The summed E-state index contributed by atoms with van der Waals surface area (Å²) in [4.78, 5) is 3.34. The summed E-state index contributed by atoms with van der Waals surface area (Å²) in [5.74, 6) is -1.49. The highest BCUT2D eigenvalue weighted by atomic mass is 19.4. The molecule has 0 amide bonds. The third kappa shape index (κ3) is 3.43. The molecular weight excluding hydrogens is 323 g/mol. The standard InChI is InChI=1S/C15H10F3N5O/c16-15(17,18)14-20-13(22-24-14)11-3-1-10(2-4-11)9-12-5-7-23(21-12)8-6-19/h1-5,7H,8-9H2. The van der Waals surface area contributed by atoms with Gasteiger partial charge in [-0.25, -0.2) is 0 Å². The Morgan fingerprint density at radius 1 is 1.17 bits per heavy atom. The lowest BCUT2D eigenvalue weighted by Crippen LogP contribution is -2.04. The summed E-state index contributed by atoms with van der Waals surface area (Å²) in [6, 6.07) is 10.5. The Morgan fingerprint density at radius 2 is 1.92 bits per heavy atom. The highest BCUT2D eigenvalue weighted by Gasteiger charge is 2.38. The lowest BCUT2D eigenvalue weighted by atomic mass is 10.1. The third-order valence-electron chi connectivity index (χ3n) is 3.19. The molecule has 0 saturated carbocycles. The van der Waals surface area contributed by atoms with Gasteiger partial charge in [0.05, 0.1) is 11.8 Å². The van der Waals surface area contributed by atoms with Crippen molar-refractivity contribution in [2.45, 2.75) is 19.1 Å². The van der Waals surface area contributed by atoms with Crippen molar-refractivity contribution in [2.75, 3.05) is 0 Å². The SMILES string of the molecule is N#CCn1ccc(Cc2ccc(-c3noc(C(F)(F)F)n3)cc2)n1. The summed E-state index contributed by atoms with van der Waals surface area (Å²) in [5.41, 5.74) is 2.13. The minimum Gasteiger partial charge on any atom is -0.329 e. The van der Waals surface area contributed by atoms with E-state index in [0.717, 1.165) is 11.3 Å². The highest BCUT2D eigenvalue weighted by molar-refractivity contribution is 5.54. The first kappa shape index (κ1) is 15.7. The fourth-order valence-corrected chi connectivity index (χ4v) is 2.10. The average Bonchev–Trinajstić information content (AvgIpc) is 3.18. The van der Waals surface area contributed by atoms with Gasteiger partial charge >= 0.3 is 12.1 Å². The summed E-state index contributed by atoms with van der Waals surface area (Å²) >= 11 is 0. The molecule has 0 aliphatic carbocycles. The second-order valence-corrected chi connectivity index (χ2v) is 4.96. The minimum absolute atomic E-state index is 0.118. The van der Waals surface area contributed by atoms with E-state index < -0.39 is 12.1 Å². The van der Waals surface area contributed by atoms with Crippen LogP contribution in [-0.2, 0) is 19.1 Å².